The van der Waals surface area contributed by atoms with Crippen molar-refractivity contribution in [2.45, 2.75) is 13.8 Å². The van der Waals surface area contributed by atoms with Gasteiger partial charge in [0, 0.05) is 42.4 Å². The average Bonchev–Trinajstić information content (AvgIpc) is 3.18. The van der Waals surface area contributed by atoms with Crippen LogP contribution in [-0.4, -0.2) is 61.6 Å². The minimum atomic E-state index is -0.238. The summed E-state index contributed by atoms with van der Waals surface area (Å²) in [6.45, 7) is 7.22. The smallest absolute Gasteiger partial charge is 0.270 e. The van der Waals surface area contributed by atoms with Crippen molar-refractivity contribution >= 4 is 34.1 Å². The number of anilines is 2. The number of benzene rings is 2. The molecule has 31 heavy (non-hydrogen) atoms. The van der Waals surface area contributed by atoms with Gasteiger partial charge in [-0.1, -0.05) is 6.07 Å². The number of hydrogen-bond acceptors (Lipinski definition) is 4. The van der Waals surface area contributed by atoms with Crippen LogP contribution >= 0.6 is 0 Å². The first-order chi connectivity index (χ1) is 14.9. The number of nitrogens with zero attached hydrogens (tertiary/aromatic N) is 2. The number of fused-ring (bicyclic) bond motifs is 1. The van der Waals surface area contributed by atoms with E-state index in [2.05, 4.69) is 21.3 Å². The second-order valence-electron chi connectivity index (χ2n) is 8.08. The van der Waals surface area contributed by atoms with E-state index in [1.54, 1.807) is 7.05 Å². The van der Waals surface area contributed by atoms with Gasteiger partial charge >= 0.3 is 0 Å². The van der Waals surface area contributed by atoms with Crippen molar-refractivity contribution in [3.63, 3.8) is 0 Å². The fraction of sp³-hybridized carbons (Fsp3) is 0.333. The van der Waals surface area contributed by atoms with Gasteiger partial charge in [0.05, 0.1) is 19.8 Å². The predicted octanol–water partition coefficient (Wildman–Crippen LogP) is 3.33. The standard InChI is InChI=1S/C24H28N4O3/c1-16-12-17(2)20-14-22(26-21(20)13-16)24(30)27(3)15-23(29)25-18-4-6-19(7-5-18)28-8-10-31-11-9-28/h4-7,12-14,26H,8-11,15H2,1-3H3,(H,25,29). The Morgan fingerprint density at radius 2 is 1.81 bits per heavy atom. The van der Waals surface area contributed by atoms with E-state index in [1.807, 2.05) is 50.2 Å². The zero-order chi connectivity index (χ0) is 22.0. The van der Waals surface area contributed by atoms with Crippen molar-refractivity contribution in [2.24, 2.45) is 0 Å². The van der Waals surface area contributed by atoms with E-state index in [0.29, 0.717) is 11.4 Å². The Bertz CT molecular complexity index is 1100. The lowest BCUT2D eigenvalue weighted by Crippen LogP contribution is -2.36. The van der Waals surface area contributed by atoms with Crippen LogP contribution in [0.15, 0.2) is 42.5 Å². The van der Waals surface area contributed by atoms with Gasteiger partial charge in [-0.3, -0.25) is 9.59 Å². The van der Waals surface area contributed by atoms with Crippen LogP contribution in [0, 0.1) is 13.8 Å². The lowest BCUT2D eigenvalue weighted by Gasteiger charge is -2.28. The molecule has 1 aliphatic heterocycles. The molecule has 2 heterocycles. The number of H-pyrrole nitrogens is 1. The number of likely N-dealkylation sites (N-methyl/N-ethyl adjacent to an activating group) is 1. The fourth-order valence-corrected chi connectivity index (χ4v) is 3.98. The molecule has 2 amide bonds. The molecule has 1 saturated heterocycles. The van der Waals surface area contributed by atoms with Crippen LogP contribution in [0.1, 0.15) is 21.6 Å². The molecule has 0 aliphatic carbocycles. The second-order valence-corrected chi connectivity index (χ2v) is 8.08. The third-order valence-corrected chi connectivity index (χ3v) is 5.57. The minimum Gasteiger partial charge on any atom is -0.378 e. The topological polar surface area (TPSA) is 77.7 Å². The van der Waals surface area contributed by atoms with Crippen molar-refractivity contribution in [1.82, 2.24) is 9.88 Å². The van der Waals surface area contributed by atoms with Gasteiger partial charge in [0.1, 0.15) is 5.69 Å². The molecule has 3 aromatic rings. The third kappa shape index (κ3) is 4.72. The molecule has 0 saturated carbocycles. The molecule has 2 aromatic carbocycles. The molecule has 7 heteroatoms. The number of morpholine rings is 1. The summed E-state index contributed by atoms with van der Waals surface area (Å²) in [5, 5.41) is 3.89. The number of aryl methyl sites for hydroxylation is 2. The van der Waals surface area contributed by atoms with Gasteiger partial charge in [-0.25, -0.2) is 0 Å². The minimum absolute atomic E-state index is 0.0303. The number of amides is 2. The molecule has 4 rings (SSSR count). The first-order valence-corrected chi connectivity index (χ1v) is 10.5. The molecule has 1 fully saturated rings. The van der Waals surface area contributed by atoms with Gasteiger partial charge in [-0.05, 0) is 61.4 Å². The summed E-state index contributed by atoms with van der Waals surface area (Å²) in [5.41, 5.74) is 5.48. The first kappa shape index (κ1) is 20.9. The van der Waals surface area contributed by atoms with E-state index in [1.165, 1.54) is 4.90 Å². The molecule has 1 aromatic heterocycles. The second kappa shape index (κ2) is 8.81. The average molecular weight is 421 g/mol. The fourth-order valence-electron chi connectivity index (χ4n) is 3.98. The summed E-state index contributed by atoms with van der Waals surface area (Å²) >= 11 is 0. The maximum atomic E-state index is 12.8. The zero-order valence-electron chi connectivity index (χ0n) is 18.2. The molecule has 1 aliphatic rings. The Morgan fingerprint density at radius 3 is 2.52 bits per heavy atom. The highest BCUT2D eigenvalue weighted by molar-refractivity contribution is 6.01. The molecular formula is C24H28N4O3. The maximum Gasteiger partial charge on any atom is 0.270 e. The van der Waals surface area contributed by atoms with Gasteiger partial charge in [0.2, 0.25) is 5.91 Å². The normalized spacial score (nSPS) is 14.0. The van der Waals surface area contributed by atoms with Gasteiger partial charge in [0.25, 0.3) is 5.91 Å². The Morgan fingerprint density at radius 1 is 1.10 bits per heavy atom. The van der Waals surface area contributed by atoms with E-state index in [-0.39, 0.29) is 18.4 Å². The van der Waals surface area contributed by atoms with Crippen LogP contribution in [0.25, 0.3) is 10.9 Å². The number of aromatic nitrogens is 1. The van der Waals surface area contributed by atoms with Crippen LogP contribution in [-0.2, 0) is 9.53 Å². The van der Waals surface area contributed by atoms with E-state index in [9.17, 15) is 9.59 Å². The van der Waals surface area contributed by atoms with E-state index in [0.717, 1.165) is 54.0 Å². The highest BCUT2D eigenvalue weighted by atomic mass is 16.5. The molecule has 2 N–H and O–H groups in total. The van der Waals surface area contributed by atoms with Gasteiger partial charge in [-0.15, -0.1) is 0 Å². The predicted molar refractivity (Wildman–Crippen MR) is 123 cm³/mol. The summed E-state index contributed by atoms with van der Waals surface area (Å²) in [5.74, 6) is -0.454. The summed E-state index contributed by atoms with van der Waals surface area (Å²) in [4.78, 5) is 32.1. The molecule has 0 atom stereocenters. The zero-order valence-corrected chi connectivity index (χ0v) is 18.2. The Labute approximate surface area is 182 Å². The number of nitrogens with one attached hydrogen (secondary N) is 2. The molecular weight excluding hydrogens is 392 g/mol. The van der Waals surface area contributed by atoms with Crippen LogP contribution in [0.3, 0.4) is 0 Å². The number of hydrogen-bond donors (Lipinski definition) is 2. The lowest BCUT2D eigenvalue weighted by atomic mass is 10.1. The largest absolute Gasteiger partial charge is 0.378 e. The monoisotopic (exact) mass is 420 g/mol. The summed E-state index contributed by atoms with van der Waals surface area (Å²) < 4.78 is 5.38. The number of rotatable bonds is 5. The first-order valence-electron chi connectivity index (χ1n) is 10.5. The molecule has 0 radical (unpaired) electrons. The highest BCUT2D eigenvalue weighted by Gasteiger charge is 2.18. The molecule has 0 spiro atoms. The quantitative estimate of drug-likeness (QED) is 0.664. The number of aromatic amines is 1. The third-order valence-electron chi connectivity index (χ3n) is 5.57. The number of carbonyl (C=O) groups excluding carboxylic acids is 2. The van der Waals surface area contributed by atoms with E-state index in [4.69, 9.17) is 4.74 Å². The number of ether oxygens (including phenoxy) is 1. The molecule has 0 bridgehead atoms. The Hall–Kier alpha value is -3.32. The molecule has 162 valence electrons. The van der Waals surface area contributed by atoms with Crippen LogP contribution in [0.2, 0.25) is 0 Å². The van der Waals surface area contributed by atoms with Crippen LogP contribution in [0.5, 0.6) is 0 Å². The van der Waals surface area contributed by atoms with Gasteiger partial charge < -0.3 is 24.8 Å². The van der Waals surface area contributed by atoms with E-state index < -0.39 is 0 Å². The van der Waals surface area contributed by atoms with Crippen molar-refractivity contribution in [1.29, 1.82) is 0 Å². The summed E-state index contributed by atoms with van der Waals surface area (Å²) in [7, 11) is 1.63. The lowest BCUT2D eigenvalue weighted by molar-refractivity contribution is -0.116. The van der Waals surface area contributed by atoms with Gasteiger partial charge in [-0.2, -0.15) is 0 Å². The van der Waals surface area contributed by atoms with E-state index >= 15 is 0 Å². The van der Waals surface area contributed by atoms with Crippen molar-refractivity contribution in [3.8, 4) is 0 Å². The van der Waals surface area contributed by atoms with Crippen LogP contribution in [0.4, 0.5) is 11.4 Å². The van der Waals surface area contributed by atoms with Crippen LogP contribution < -0.4 is 10.2 Å². The molecule has 0 unspecified atom stereocenters. The van der Waals surface area contributed by atoms with Crippen molar-refractivity contribution in [3.05, 3.63) is 59.3 Å². The van der Waals surface area contributed by atoms with Crippen molar-refractivity contribution in [2.75, 3.05) is 50.1 Å². The maximum absolute atomic E-state index is 12.8. The SMILES string of the molecule is Cc1cc(C)c2cc(C(=O)N(C)CC(=O)Nc3ccc(N4CCOCC4)cc3)[nH]c2c1. The number of carbonyl (C=O) groups is 2. The van der Waals surface area contributed by atoms with Crippen molar-refractivity contribution < 1.29 is 14.3 Å². The molecule has 7 nitrogen and oxygen atoms in total. The summed E-state index contributed by atoms with van der Waals surface area (Å²) in [6.07, 6.45) is 0. The Kier molecular flexibility index (Phi) is 5.95. The summed E-state index contributed by atoms with van der Waals surface area (Å²) in [6, 6.07) is 13.7. The Balaban J connectivity index is 1.37. The van der Waals surface area contributed by atoms with Gasteiger partial charge in [0.15, 0.2) is 0 Å². The highest BCUT2D eigenvalue weighted by Crippen LogP contribution is 2.22.